The molecule has 0 bridgehead atoms. The largest absolute Gasteiger partial charge is 0.546 e. The quantitative estimate of drug-likeness (QED) is 0.349. The van der Waals surface area contributed by atoms with Gasteiger partial charge in [0.15, 0.2) is 0 Å². The summed E-state index contributed by atoms with van der Waals surface area (Å²) >= 11 is 0. The average Bonchev–Trinajstić information content (AvgIpc) is 3.43. The molecule has 0 spiro atoms. The number of carbonyl (C=O) groups excluding carboxylic acids is 3. The van der Waals surface area contributed by atoms with Crippen molar-refractivity contribution >= 4 is 17.8 Å². The molecule has 0 saturated heterocycles. The molecule has 0 aliphatic rings. The number of amides is 2. The summed E-state index contributed by atoms with van der Waals surface area (Å²) in [5.41, 5.74) is 2.20. The summed E-state index contributed by atoms with van der Waals surface area (Å²) in [5, 5.41) is 25.7. The molecule has 2 amide bonds. The Morgan fingerprint density at radius 2 is 1.86 bits per heavy atom. The van der Waals surface area contributed by atoms with Gasteiger partial charge in [0, 0.05) is 13.0 Å². The Hall–Kier alpha value is -4.58. The lowest BCUT2D eigenvalue weighted by atomic mass is 10.0. The number of carbonyl (C=O) groups is 3. The van der Waals surface area contributed by atoms with E-state index in [4.69, 9.17) is 9.15 Å². The highest BCUT2D eigenvalue weighted by atomic mass is 16.5. The summed E-state index contributed by atoms with van der Waals surface area (Å²) in [7, 11) is 0. The van der Waals surface area contributed by atoms with Gasteiger partial charge < -0.3 is 29.7 Å². The van der Waals surface area contributed by atoms with Gasteiger partial charge in [0.2, 0.25) is 5.91 Å². The second-order valence-electron chi connectivity index (χ2n) is 8.08. The molecule has 1 heterocycles. The zero-order valence-electron chi connectivity index (χ0n) is 19.6. The number of aliphatic carboxylic acids is 1. The molecule has 0 radical (unpaired) electrons. The summed E-state index contributed by atoms with van der Waals surface area (Å²) < 4.78 is 10.0. The van der Waals surface area contributed by atoms with Gasteiger partial charge in [0.1, 0.15) is 30.7 Å². The molecular formula is C27H26N3O6-. The first-order chi connectivity index (χ1) is 17.5. The summed E-state index contributed by atoms with van der Waals surface area (Å²) in [6, 6.07) is 17.1. The zero-order chi connectivity index (χ0) is 25.8. The van der Waals surface area contributed by atoms with E-state index in [-0.39, 0.29) is 29.2 Å². The molecular weight excluding hydrogens is 462 g/mol. The first kappa shape index (κ1) is 26.0. The van der Waals surface area contributed by atoms with Crippen LogP contribution < -0.4 is 20.5 Å². The fraction of sp³-hybridized carbons (Fsp3) is 0.259. The monoisotopic (exact) mass is 488 g/mol. The first-order valence-corrected chi connectivity index (χ1v) is 11.5. The van der Waals surface area contributed by atoms with E-state index in [1.54, 1.807) is 6.07 Å². The fourth-order valence-electron chi connectivity index (χ4n) is 3.57. The standard InChI is InChI=1S/C27H27N3O6/c28-16-22-14-20(9-10-24(22)36-18-25(31)32)15-23(30-26(33)21-11-13-35-17-21)27(34)29-12-5-4-8-19-6-2-1-3-7-19/h1-3,6-7,9-11,13-14,17,23H,4-5,8,12,15,18H2,(H,29,34)(H,30,33)(H,31,32)/p-1/t23-/m0/s1. The van der Waals surface area contributed by atoms with Crippen molar-refractivity contribution in [2.45, 2.75) is 31.7 Å². The molecule has 2 N–H and O–H groups in total. The predicted octanol–water partition coefficient (Wildman–Crippen LogP) is 1.76. The number of rotatable bonds is 13. The number of hydrogen-bond acceptors (Lipinski definition) is 7. The lowest BCUT2D eigenvalue weighted by Gasteiger charge is -2.19. The van der Waals surface area contributed by atoms with Gasteiger partial charge in [-0.15, -0.1) is 0 Å². The molecule has 36 heavy (non-hydrogen) atoms. The van der Waals surface area contributed by atoms with E-state index in [1.165, 1.54) is 36.3 Å². The van der Waals surface area contributed by atoms with E-state index in [0.29, 0.717) is 12.1 Å². The van der Waals surface area contributed by atoms with Crippen molar-refractivity contribution in [3.8, 4) is 11.8 Å². The minimum Gasteiger partial charge on any atom is -0.546 e. The average molecular weight is 489 g/mol. The number of benzene rings is 2. The highest BCUT2D eigenvalue weighted by molar-refractivity contribution is 5.97. The topological polar surface area (TPSA) is 144 Å². The summed E-state index contributed by atoms with van der Waals surface area (Å²) in [4.78, 5) is 36.2. The van der Waals surface area contributed by atoms with Crippen molar-refractivity contribution in [3.63, 3.8) is 0 Å². The lowest BCUT2D eigenvalue weighted by molar-refractivity contribution is -0.307. The van der Waals surface area contributed by atoms with E-state index in [0.717, 1.165) is 19.3 Å². The molecule has 0 aliphatic carbocycles. The van der Waals surface area contributed by atoms with Gasteiger partial charge in [0.05, 0.1) is 23.4 Å². The smallest absolute Gasteiger partial charge is 0.255 e. The van der Waals surface area contributed by atoms with E-state index < -0.39 is 24.5 Å². The van der Waals surface area contributed by atoms with Crippen molar-refractivity contribution in [2.75, 3.05) is 13.2 Å². The van der Waals surface area contributed by atoms with Gasteiger partial charge in [-0.1, -0.05) is 36.4 Å². The zero-order valence-corrected chi connectivity index (χ0v) is 19.6. The van der Waals surface area contributed by atoms with Gasteiger partial charge in [-0.3, -0.25) is 9.59 Å². The number of nitrogens with zero attached hydrogens (tertiary/aromatic N) is 1. The number of unbranched alkanes of at least 4 members (excludes halogenated alkanes) is 1. The Morgan fingerprint density at radius 1 is 1.06 bits per heavy atom. The van der Waals surface area contributed by atoms with Crippen LogP contribution in [0.5, 0.6) is 5.75 Å². The number of carboxylic acid groups (broad SMARTS) is 1. The second kappa shape index (κ2) is 13.3. The molecule has 186 valence electrons. The van der Waals surface area contributed by atoms with Crippen LogP contribution in [-0.2, 0) is 22.4 Å². The van der Waals surface area contributed by atoms with Crippen molar-refractivity contribution in [3.05, 3.63) is 89.4 Å². The summed E-state index contributed by atoms with van der Waals surface area (Å²) in [6.45, 7) is -0.243. The second-order valence-corrected chi connectivity index (χ2v) is 8.08. The number of ether oxygens (including phenoxy) is 1. The highest BCUT2D eigenvalue weighted by Crippen LogP contribution is 2.20. The van der Waals surface area contributed by atoms with Crippen LogP contribution in [0.2, 0.25) is 0 Å². The minimum absolute atomic E-state index is 0.0901. The SMILES string of the molecule is N#Cc1cc(C[C@H](NC(=O)c2ccoc2)C(=O)NCCCCc2ccccc2)ccc1OCC(=O)[O-]. The van der Waals surface area contributed by atoms with Crippen LogP contribution in [-0.4, -0.2) is 37.0 Å². The third-order valence-electron chi connectivity index (χ3n) is 5.39. The molecule has 0 fully saturated rings. The van der Waals surface area contributed by atoms with Crippen molar-refractivity contribution in [2.24, 2.45) is 0 Å². The third kappa shape index (κ3) is 8.02. The van der Waals surface area contributed by atoms with Gasteiger partial charge in [0.25, 0.3) is 5.91 Å². The molecule has 2 aromatic carbocycles. The maximum absolute atomic E-state index is 13.0. The van der Waals surface area contributed by atoms with Gasteiger partial charge in [-0.2, -0.15) is 5.26 Å². The van der Waals surface area contributed by atoms with E-state index >= 15 is 0 Å². The molecule has 3 rings (SSSR count). The van der Waals surface area contributed by atoms with Crippen molar-refractivity contribution in [1.29, 1.82) is 5.26 Å². The predicted molar refractivity (Wildman–Crippen MR) is 128 cm³/mol. The van der Waals surface area contributed by atoms with E-state index in [1.807, 2.05) is 24.3 Å². The molecule has 9 heteroatoms. The van der Waals surface area contributed by atoms with Crippen LogP contribution >= 0.6 is 0 Å². The van der Waals surface area contributed by atoms with Gasteiger partial charge in [-0.05, 0) is 48.6 Å². The Labute approximate surface area is 208 Å². The fourth-order valence-corrected chi connectivity index (χ4v) is 3.57. The molecule has 0 unspecified atom stereocenters. The highest BCUT2D eigenvalue weighted by Gasteiger charge is 2.23. The van der Waals surface area contributed by atoms with Crippen LogP contribution in [0, 0.1) is 11.3 Å². The molecule has 9 nitrogen and oxygen atoms in total. The lowest BCUT2D eigenvalue weighted by Crippen LogP contribution is -2.48. The number of hydrogen-bond donors (Lipinski definition) is 2. The first-order valence-electron chi connectivity index (χ1n) is 11.5. The van der Waals surface area contributed by atoms with Crippen LogP contribution in [0.1, 0.15) is 39.9 Å². The van der Waals surface area contributed by atoms with Crippen molar-refractivity contribution < 1.29 is 28.6 Å². The number of carboxylic acids is 1. The normalized spacial score (nSPS) is 11.2. The number of nitrogens with one attached hydrogen (secondary N) is 2. The molecule has 1 aromatic heterocycles. The number of aryl methyl sites for hydroxylation is 1. The van der Waals surface area contributed by atoms with Crippen molar-refractivity contribution in [1.82, 2.24) is 10.6 Å². The Kier molecular flexibility index (Phi) is 9.65. The number of furan rings is 1. The molecule has 3 aromatic rings. The Balaban J connectivity index is 1.63. The van der Waals surface area contributed by atoms with Gasteiger partial charge in [-0.25, -0.2) is 0 Å². The molecule has 1 atom stereocenters. The van der Waals surface area contributed by atoms with Crippen LogP contribution in [0.4, 0.5) is 0 Å². The van der Waals surface area contributed by atoms with Crippen LogP contribution in [0.15, 0.2) is 71.5 Å². The van der Waals surface area contributed by atoms with Gasteiger partial charge >= 0.3 is 0 Å². The molecule has 0 saturated carbocycles. The minimum atomic E-state index is -1.41. The van der Waals surface area contributed by atoms with E-state index in [9.17, 15) is 24.8 Å². The maximum Gasteiger partial charge on any atom is 0.255 e. The van der Waals surface area contributed by atoms with Crippen LogP contribution in [0.25, 0.3) is 0 Å². The number of nitriles is 1. The maximum atomic E-state index is 13.0. The Morgan fingerprint density at radius 3 is 2.56 bits per heavy atom. The third-order valence-corrected chi connectivity index (χ3v) is 5.39. The summed E-state index contributed by atoms with van der Waals surface area (Å²) in [5.74, 6) is -2.15. The summed E-state index contributed by atoms with van der Waals surface area (Å²) in [6.07, 6.45) is 5.32. The van der Waals surface area contributed by atoms with Crippen LogP contribution in [0.3, 0.4) is 0 Å². The Bertz CT molecular complexity index is 1200. The molecule has 0 aliphatic heterocycles. The van der Waals surface area contributed by atoms with E-state index in [2.05, 4.69) is 22.8 Å².